The molecule has 6 heteroatoms. The van der Waals surface area contributed by atoms with Crippen LogP contribution in [0.4, 0.5) is 0 Å². The van der Waals surface area contributed by atoms with Crippen LogP contribution in [0.5, 0.6) is 0 Å². The molecule has 0 fully saturated rings. The molecule has 0 bridgehead atoms. The van der Waals surface area contributed by atoms with Gasteiger partial charge in [0.25, 0.3) is 0 Å². The quantitative estimate of drug-likeness (QED) is 0.638. The third-order valence-electron chi connectivity index (χ3n) is 4.29. The predicted octanol–water partition coefficient (Wildman–Crippen LogP) is 2.88. The van der Waals surface area contributed by atoms with Crippen LogP contribution in [-0.2, 0) is 27.3 Å². The number of amides is 1. The number of fused-ring (bicyclic) bond motifs is 1. The van der Waals surface area contributed by atoms with Gasteiger partial charge in [0.2, 0.25) is 5.91 Å². The minimum Gasteiger partial charge on any atom is -0.468 e. The number of nitrogens with zero attached hydrogens (tertiary/aromatic N) is 2. The van der Waals surface area contributed by atoms with E-state index in [0.29, 0.717) is 17.8 Å². The number of aromatic nitrogens is 1. The van der Waals surface area contributed by atoms with Gasteiger partial charge in [0.15, 0.2) is 5.58 Å². The number of para-hydroxylation sites is 1. The van der Waals surface area contributed by atoms with Crippen LogP contribution in [0.2, 0.25) is 0 Å². The summed E-state index contributed by atoms with van der Waals surface area (Å²) in [4.78, 5) is 26.1. The van der Waals surface area contributed by atoms with Crippen LogP contribution in [0.25, 0.3) is 11.0 Å². The molecular weight excluding hydrogens is 332 g/mol. The van der Waals surface area contributed by atoms with Crippen molar-refractivity contribution in [2.24, 2.45) is 0 Å². The van der Waals surface area contributed by atoms with Gasteiger partial charge in [-0.2, -0.15) is 0 Å². The van der Waals surface area contributed by atoms with Crippen molar-refractivity contribution < 1.29 is 18.8 Å². The summed E-state index contributed by atoms with van der Waals surface area (Å²) in [5.74, 6) is -0.672. The van der Waals surface area contributed by atoms with E-state index < -0.39 is 5.97 Å². The maximum atomic E-state index is 12.9. The molecule has 0 saturated heterocycles. The number of ether oxygens (including phenoxy) is 1. The average molecular weight is 352 g/mol. The molecule has 1 amide bonds. The van der Waals surface area contributed by atoms with Gasteiger partial charge in [-0.25, -0.2) is 0 Å². The third-order valence-corrected chi connectivity index (χ3v) is 4.29. The molecule has 3 rings (SSSR count). The number of carbonyl (C=O) groups is 2. The Hall–Kier alpha value is -3.15. The summed E-state index contributed by atoms with van der Waals surface area (Å²) in [5.41, 5.74) is 3.23. The second kappa shape index (κ2) is 7.82. The molecule has 2 aromatic carbocycles. The van der Waals surface area contributed by atoms with E-state index in [1.165, 1.54) is 12.0 Å². The monoisotopic (exact) mass is 352 g/mol. The van der Waals surface area contributed by atoms with Crippen LogP contribution in [0.15, 0.2) is 53.1 Å². The molecule has 1 heterocycles. The van der Waals surface area contributed by atoms with Crippen LogP contribution >= 0.6 is 0 Å². The van der Waals surface area contributed by atoms with E-state index in [2.05, 4.69) is 5.16 Å². The maximum absolute atomic E-state index is 12.9. The highest BCUT2D eigenvalue weighted by Gasteiger charge is 2.21. The lowest BCUT2D eigenvalue weighted by atomic mass is 10.1. The molecule has 0 aliphatic rings. The van der Waals surface area contributed by atoms with Crippen LogP contribution in [-0.4, -0.2) is 35.6 Å². The van der Waals surface area contributed by atoms with Crippen molar-refractivity contribution in [1.82, 2.24) is 10.1 Å². The van der Waals surface area contributed by atoms with Crippen molar-refractivity contribution in [1.29, 1.82) is 0 Å². The zero-order valence-corrected chi connectivity index (χ0v) is 14.8. The number of benzene rings is 2. The molecule has 26 heavy (non-hydrogen) atoms. The number of hydrogen-bond acceptors (Lipinski definition) is 5. The Morgan fingerprint density at radius 1 is 1.12 bits per heavy atom. The van der Waals surface area contributed by atoms with Crippen LogP contribution in [0, 0.1) is 6.92 Å². The second-order valence-corrected chi connectivity index (χ2v) is 6.05. The lowest BCUT2D eigenvalue weighted by Crippen LogP contribution is -2.37. The van der Waals surface area contributed by atoms with E-state index in [9.17, 15) is 9.59 Å². The Labute approximate surface area is 151 Å². The largest absolute Gasteiger partial charge is 0.468 e. The van der Waals surface area contributed by atoms with Gasteiger partial charge in [-0.3, -0.25) is 9.59 Å². The highest BCUT2D eigenvalue weighted by atomic mass is 16.5. The van der Waals surface area contributed by atoms with Crippen molar-refractivity contribution in [3.8, 4) is 0 Å². The molecule has 0 unspecified atom stereocenters. The summed E-state index contributed by atoms with van der Waals surface area (Å²) in [5, 5.41) is 4.80. The van der Waals surface area contributed by atoms with E-state index in [0.717, 1.165) is 16.5 Å². The summed E-state index contributed by atoms with van der Waals surface area (Å²) in [7, 11) is 1.31. The highest BCUT2D eigenvalue weighted by molar-refractivity contribution is 5.88. The Morgan fingerprint density at radius 2 is 1.85 bits per heavy atom. The molecule has 0 N–H and O–H groups in total. The minimum absolute atomic E-state index is 0.0554. The summed E-state index contributed by atoms with van der Waals surface area (Å²) < 4.78 is 9.99. The third kappa shape index (κ3) is 3.91. The van der Waals surface area contributed by atoms with E-state index in [-0.39, 0.29) is 18.9 Å². The molecule has 3 aromatic rings. The van der Waals surface area contributed by atoms with E-state index in [1.807, 2.05) is 49.4 Å². The summed E-state index contributed by atoms with van der Waals surface area (Å²) in [6, 6.07) is 15.1. The van der Waals surface area contributed by atoms with Gasteiger partial charge in [-0.05, 0) is 30.2 Å². The predicted molar refractivity (Wildman–Crippen MR) is 96.3 cm³/mol. The summed E-state index contributed by atoms with van der Waals surface area (Å²) in [6.07, 6.45) is 0.0554. The van der Waals surface area contributed by atoms with E-state index >= 15 is 0 Å². The number of hydrogen-bond donors (Lipinski definition) is 0. The number of rotatable bonds is 6. The van der Waals surface area contributed by atoms with Crippen LogP contribution in [0.1, 0.15) is 16.8 Å². The first-order valence-electron chi connectivity index (χ1n) is 8.31. The normalized spacial score (nSPS) is 10.7. The summed E-state index contributed by atoms with van der Waals surface area (Å²) in [6.45, 7) is 2.19. The van der Waals surface area contributed by atoms with Crippen molar-refractivity contribution in [2.45, 2.75) is 19.9 Å². The minimum atomic E-state index is -0.461. The molecule has 0 radical (unpaired) electrons. The van der Waals surface area contributed by atoms with Gasteiger partial charge >= 0.3 is 5.97 Å². The number of esters is 1. The number of carbonyl (C=O) groups excluding carboxylic acids is 2. The SMILES string of the molecule is COC(=O)CN(Cc1ccccc1C)C(=O)Cc1noc2ccccc12. The van der Waals surface area contributed by atoms with Gasteiger partial charge in [-0.15, -0.1) is 0 Å². The molecule has 6 nitrogen and oxygen atoms in total. The highest BCUT2D eigenvalue weighted by Crippen LogP contribution is 2.19. The Bertz CT molecular complexity index is 932. The van der Waals surface area contributed by atoms with Gasteiger partial charge in [-0.1, -0.05) is 41.6 Å². The maximum Gasteiger partial charge on any atom is 0.325 e. The number of aryl methyl sites for hydroxylation is 1. The Balaban J connectivity index is 1.82. The lowest BCUT2D eigenvalue weighted by molar-refractivity contribution is -0.147. The first-order valence-corrected chi connectivity index (χ1v) is 8.31. The molecule has 0 aliphatic heterocycles. The fourth-order valence-electron chi connectivity index (χ4n) is 2.77. The van der Waals surface area contributed by atoms with Crippen molar-refractivity contribution >= 4 is 22.8 Å². The van der Waals surface area contributed by atoms with Gasteiger partial charge in [0, 0.05) is 11.9 Å². The first kappa shape index (κ1) is 17.7. The zero-order chi connectivity index (χ0) is 18.5. The van der Waals surface area contributed by atoms with Crippen LogP contribution < -0.4 is 0 Å². The second-order valence-electron chi connectivity index (χ2n) is 6.05. The smallest absolute Gasteiger partial charge is 0.325 e. The van der Waals surface area contributed by atoms with Crippen LogP contribution in [0.3, 0.4) is 0 Å². The topological polar surface area (TPSA) is 72.6 Å². The van der Waals surface area contributed by atoms with Gasteiger partial charge in [0.05, 0.1) is 13.5 Å². The molecule has 0 spiro atoms. The number of methoxy groups -OCH3 is 1. The van der Waals surface area contributed by atoms with Gasteiger partial charge in [0.1, 0.15) is 12.2 Å². The van der Waals surface area contributed by atoms with E-state index in [1.54, 1.807) is 6.07 Å². The van der Waals surface area contributed by atoms with Gasteiger partial charge < -0.3 is 14.2 Å². The lowest BCUT2D eigenvalue weighted by Gasteiger charge is -2.22. The van der Waals surface area contributed by atoms with Crippen molar-refractivity contribution in [2.75, 3.05) is 13.7 Å². The summed E-state index contributed by atoms with van der Waals surface area (Å²) >= 11 is 0. The Kier molecular flexibility index (Phi) is 5.31. The molecule has 0 saturated carbocycles. The zero-order valence-electron chi connectivity index (χ0n) is 14.8. The molecule has 134 valence electrons. The standard InChI is InChI=1S/C20H20N2O4/c1-14-7-3-4-8-15(14)12-22(13-20(24)25-2)19(23)11-17-16-9-5-6-10-18(16)26-21-17/h3-10H,11-13H2,1-2H3. The van der Waals surface area contributed by atoms with E-state index in [4.69, 9.17) is 9.26 Å². The van der Waals surface area contributed by atoms with Crippen molar-refractivity contribution in [3.63, 3.8) is 0 Å². The molecule has 0 aliphatic carbocycles. The molecule has 0 atom stereocenters. The fraction of sp³-hybridized carbons (Fsp3) is 0.250. The Morgan fingerprint density at radius 3 is 2.62 bits per heavy atom. The first-order chi connectivity index (χ1) is 12.6. The molecular formula is C20H20N2O4. The molecule has 1 aromatic heterocycles. The average Bonchev–Trinajstić information content (AvgIpc) is 3.05. The van der Waals surface area contributed by atoms with Crippen molar-refractivity contribution in [3.05, 3.63) is 65.4 Å². The fourth-order valence-corrected chi connectivity index (χ4v) is 2.77.